The van der Waals surface area contributed by atoms with Gasteiger partial charge in [-0.2, -0.15) is 4.98 Å². The van der Waals surface area contributed by atoms with Crippen molar-refractivity contribution in [3.8, 4) is 0 Å². The number of benzene rings is 1. The van der Waals surface area contributed by atoms with Gasteiger partial charge in [-0.15, -0.1) is 0 Å². The van der Waals surface area contributed by atoms with Gasteiger partial charge in [-0.3, -0.25) is 0 Å². The first kappa shape index (κ1) is 12.4. The number of oxazole rings is 1. The SMILES string of the molecule is CCOC1COCC1Nc1nc2cc(C)ccc2o1. The molecular formula is C14H18N2O3. The van der Waals surface area contributed by atoms with E-state index in [1.807, 2.05) is 32.0 Å². The highest BCUT2D eigenvalue weighted by atomic mass is 16.5. The first-order valence-electron chi connectivity index (χ1n) is 6.59. The van der Waals surface area contributed by atoms with Crippen molar-refractivity contribution in [1.82, 2.24) is 4.98 Å². The largest absolute Gasteiger partial charge is 0.424 e. The maximum Gasteiger partial charge on any atom is 0.296 e. The molecule has 5 nitrogen and oxygen atoms in total. The Morgan fingerprint density at radius 1 is 1.42 bits per heavy atom. The number of nitrogens with zero attached hydrogens (tertiary/aromatic N) is 1. The molecule has 1 N–H and O–H groups in total. The lowest BCUT2D eigenvalue weighted by Crippen LogP contribution is -2.34. The van der Waals surface area contributed by atoms with E-state index in [9.17, 15) is 0 Å². The number of aromatic nitrogens is 1. The zero-order valence-electron chi connectivity index (χ0n) is 11.2. The van der Waals surface area contributed by atoms with Gasteiger partial charge in [-0.1, -0.05) is 6.07 Å². The molecule has 2 heterocycles. The predicted molar refractivity (Wildman–Crippen MR) is 72.4 cm³/mol. The van der Waals surface area contributed by atoms with E-state index in [0.717, 1.165) is 11.1 Å². The molecule has 2 unspecified atom stereocenters. The average Bonchev–Trinajstić information content (AvgIpc) is 2.97. The van der Waals surface area contributed by atoms with Crippen LogP contribution in [0, 0.1) is 6.92 Å². The van der Waals surface area contributed by atoms with Crippen LogP contribution in [0.1, 0.15) is 12.5 Å². The molecule has 1 saturated heterocycles. The third kappa shape index (κ3) is 2.57. The second-order valence-corrected chi connectivity index (χ2v) is 4.77. The zero-order valence-corrected chi connectivity index (χ0v) is 11.2. The van der Waals surface area contributed by atoms with Crippen LogP contribution < -0.4 is 5.32 Å². The third-order valence-electron chi connectivity index (χ3n) is 3.26. The Hall–Kier alpha value is -1.59. The first-order chi connectivity index (χ1) is 9.26. The van der Waals surface area contributed by atoms with Gasteiger partial charge < -0.3 is 19.2 Å². The highest BCUT2D eigenvalue weighted by Crippen LogP contribution is 2.22. The molecule has 1 fully saturated rings. The summed E-state index contributed by atoms with van der Waals surface area (Å²) < 4.78 is 16.7. The topological polar surface area (TPSA) is 56.5 Å². The van der Waals surface area contributed by atoms with E-state index in [1.165, 1.54) is 5.56 Å². The lowest BCUT2D eigenvalue weighted by molar-refractivity contribution is 0.0476. The van der Waals surface area contributed by atoms with Gasteiger partial charge in [0.25, 0.3) is 6.01 Å². The molecule has 0 bridgehead atoms. The molecule has 0 saturated carbocycles. The summed E-state index contributed by atoms with van der Waals surface area (Å²) in [5.41, 5.74) is 2.83. The van der Waals surface area contributed by atoms with Gasteiger partial charge in [0.2, 0.25) is 0 Å². The molecule has 1 aromatic carbocycles. The lowest BCUT2D eigenvalue weighted by Gasteiger charge is -2.17. The minimum Gasteiger partial charge on any atom is -0.424 e. The van der Waals surface area contributed by atoms with Crippen LogP contribution in [0.2, 0.25) is 0 Å². The van der Waals surface area contributed by atoms with Gasteiger partial charge in [0.1, 0.15) is 11.6 Å². The molecular weight excluding hydrogens is 244 g/mol. The Morgan fingerprint density at radius 2 is 2.32 bits per heavy atom. The van der Waals surface area contributed by atoms with E-state index in [2.05, 4.69) is 10.3 Å². The number of fused-ring (bicyclic) bond motifs is 1. The summed E-state index contributed by atoms with van der Waals surface area (Å²) in [6.45, 7) is 5.93. The van der Waals surface area contributed by atoms with Gasteiger partial charge >= 0.3 is 0 Å². The van der Waals surface area contributed by atoms with E-state index < -0.39 is 0 Å². The maximum absolute atomic E-state index is 5.68. The molecule has 0 amide bonds. The molecule has 102 valence electrons. The highest BCUT2D eigenvalue weighted by molar-refractivity contribution is 5.75. The van der Waals surface area contributed by atoms with E-state index in [-0.39, 0.29) is 12.1 Å². The maximum atomic E-state index is 5.68. The number of hydrogen-bond acceptors (Lipinski definition) is 5. The van der Waals surface area contributed by atoms with Crippen molar-refractivity contribution in [3.63, 3.8) is 0 Å². The molecule has 2 atom stereocenters. The van der Waals surface area contributed by atoms with Gasteiger partial charge in [-0.25, -0.2) is 0 Å². The van der Waals surface area contributed by atoms with E-state index in [4.69, 9.17) is 13.9 Å². The van der Waals surface area contributed by atoms with Crippen LogP contribution in [0.25, 0.3) is 11.1 Å². The Balaban J connectivity index is 1.77. The second-order valence-electron chi connectivity index (χ2n) is 4.77. The van der Waals surface area contributed by atoms with Gasteiger partial charge in [0, 0.05) is 6.61 Å². The molecule has 19 heavy (non-hydrogen) atoms. The van der Waals surface area contributed by atoms with Gasteiger partial charge in [0.15, 0.2) is 5.58 Å². The van der Waals surface area contributed by atoms with Crippen LogP contribution in [0.5, 0.6) is 0 Å². The number of hydrogen-bond donors (Lipinski definition) is 1. The fourth-order valence-electron chi connectivity index (χ4n) is 2.31. The third-order valence-corrected chi connectivity index (χ3v) is 3.26. The fourth-order valence-corrected chi connectivity index (χ4v) is 2.31. The number of ether oxygens (including phenoxy) is 2. The first-order valence-corrected chi connectivity index (χ1v) is 6.59. The molecule has 0 aliphatic carbocycles. The van der Waals surface area contributed by atoms with Crippen LogP contribution in [0.15, 0.2) is 22.6 Å². The monoisotopic (exact) mass is 262 g/mol. The summed E-state index contributed by atoms with van der Waals surface area (Å²) in [6.07, 6.45) is 0.0572. The Kier molecular flexibility index (Phi) is 3.40. The standard InChI is InChI=1S/C14H18N2O3/c1-3-18-13-8-17-7-11(13)16-14-15-10-6-9(2)4-5-12(10)19-14/h4-6,11,13H,3,7-8H2,1-2H3,(H,15,16). The van der Waals surface area contributed by atoms with Crippen LogP contribution in [-0.4, -0.2) is 37.0 Å². The van der Waals surface area contributed by atoms with Crippen LogP contribution in [0.3, 0.4) is 0 Å². The molecule has 0 radical (unpaired) electrons. The minimum atomic E-state index is 0.0572. The quantitative estimate of drug-likeness (QED) is 0.916. The smallest absolute Gasteiger partial charge is 0.296 e. The Bertz CT molecular complexity index is 567. The summed E-state index contributed by atoms with van der Waals surface area (Å²) in [4.78, 5) is 4.44. The van der Waals surface area contributed by atoms with E-state index >= 15 is 0 Å². The molecule has 1 aliphatic heterocycles. The number of anilines is 1. The average molecular weight is 262 g/mol. The second kappa shape index (κ2) is 5.19. The molecule has 2 aromatic rings. The van der Waals surface area contributed by atoms with Crippen LogP contribution in [0.4, 0.5) is 6.01 Å². The van der Waals surface area contributed by atoms with Crippen molar-refractivity contribution >= 4 is 17.1 Å². The lowest BCUT2D eigenvalue weighted by atomic mass is 10.2. The molecule has 1 aromatic heterocycles. The Morgan fingerprint density at radius 3 is 3.16 bits per heavy atom. The van der Waals surface area contributed by atoms with Crippen LogP contribution >= 0.6 is 0 Å². The Labute approximate surface area is 111 Å². The number of aryl methyl sites for hydroxylation is 1. The zero-order chi connectivity index (χ0) is 13.2. The summed E-state index contributed by atoms with van der Waals surface area (Å²) in [5.74, 6) is 0. The number of rotatable bonds is 4. The van der Waals surface area contributed by atoms with E-state index in [1.54, 1.807) is 0 Å². The molecule has 0 spiro atoms. The van der Waals surface area contributed by atoms with Crippen molar-refractivity contribution in [2.24, 2.45) is 0 Å². The normalized spacial score (nSPS) is 23.1. The van der Waals surface area contributed by atoms with Crippen molar-refractivity contribution in [2.75, 3.05) is 25.1 Å². The van der Waals surface area contributed by atoms with Gasteiger partial charge in [-0.05, 0) is 31.5 Å². The molecule has 5 heteroatoms. The predicted octanol–water partition coefficient (Wildman–Crippen LogP) is 2.35. The number of nitrogens with one attached hydrogen (secondary N) is 1. The van der Waals surface area contributed by atoms with Crippen molar-refractivity contribution in [2.45, 2.75) is 26.0 Å². The minimum absolute atomic E-state index is 0.0572. The fraction of sp³-hybridized carbons (Fsp3) is 0.500. The summed E-state index contributed by atoms with van der Waals surface area (Å²) >= 11 is 0. The van der Waals surface area contributed by atoms with Gasteiger partial charge in [0.05, 0.1) is 19.3 Å². The van der Waals surface area contributed by atoms with Crippen LogP contribution in [-0.2, 0) is 9.47 Å². The summed E-state index contributed by atoms with van der Waals surface area (Å²) in [7, 11) is 0. The van der Waals surface area contributed by atoms with E-state index in [0.29, 0.717) is 25.8 Å². The molecule has 1 aliphatic rings. The summed E-state index contributed by atoms with van der Waals surface area (Å²) in [5, 5.41) is 3.26. The van der Waals surface area contributed by atoms with Crippen molar-refractivity contribution < 1.29 is 13.9 Å². The van der Waals surface area contributed by atoms with Crippen molar-refractivity contribution in [3.05, 3.63) is 23.8 Å². The highest BCUT2D eigenvalue weighted by Gasteiger charge is 2.29. The van der Waals surface area contributed by atoms with Crippen molar-refractivity contribution in [1.29, 1.82) is 0 Å². The molecule has 3 rings (SSSR count). The summed E-state index contributed by atoms with van der Waals surface area (Å²) in [6, 6.07) is 6.58.